The molecule has 2 heteroatoms. The number of methoxy groups -OCH3 is 1. The van der Waals surface area contributed by atoms with E-state index in [1.807, 2.05) is 44.3 Å². The number of rotatable bonds is 1. The van der Waals surface area contributed by atoms with Gasteiger partial charge in [-0.05, 0) is 23.6 Å². The number of nitrogens with one attached hydrogen (secondary N) is 1. The Bertz CT molecular complexity index is 365. The van der Waals surface area contributed by atoms with Crippen molar-refractivity contribution in [1.29, 1.82) is 0 Å². The zero-order valence-electron chi connectivity index (χ0n) is 8.29. The highest BCUT2D eigenvalue weighted by Crippen LogP contribution is 2.18. The van der Waals surface area contributed by atoms with Gasteiger partial charge in [0.1, 0.15) is 5.75 Å². The summed E-state index contributed by atoms with van der Waals surface area (Å²) in [5, 5.41) is 1.21. The maximum Gasteiger partial charge on any atom is 0.120 e. The lowest BCUT2D eigenvalue weighted by Crippen LogP contribution is -1.80. The van der Waals surface area contributed by atoms with Crippen LogP contribution < -0.4 is 4.74 Å². The van der Waals surface area contributed by atoms with Crippen molar-refractivity contribution >= 4 is 10.9 Å². The highest BCUT2D eigenvalue weighted by atomic mass is 16.5. The van der Waals surface area contributed by atoms with Crippen molar-refractivity contribution in [3.05, 3.63) is 30.5 Å². The van der Waals surface area contributed by atoms with Crippen molar-refractivity contribution in [3.8, 4) is 5.75 Å². The van der Waals surface area contributed by atoms with Crippen molar-refractivity contribution in [2.45, 2.75) is 13.8 Å². The van der Waals surface area contributed by atoms with E-state index in [-0.39, 0.29) is 0 Å². The average molecular weight is 177 g/mol. The van der Waals surface area contributed by atoms with E-state index in [4.69, 9.17) is 4.74 Å². The number of fused-ring (bicyclic) bond motifs is 1. The Morgan fingerprint density at radius 2 is 1.92 bits per heavy atom. The zero-order valence-corrected chi connectivity index (χ0v) is 8.29. The van der Waals surface area contributed by atoms with Gasteiger partial charge in [0.05, 0.1) is 7.11 Å². The van der Waals surface area contributed by atoms with Crippen LogP contribution in [0.4, 0.5) is 0 Å². The van der Waals surface area contributed by atoms with Crippen molar-refractivity contribution < 1.29 is 4.74 Å². The van der Waals surface area contributed by atoms with Gasteiger partial charge in [0.2, 0.25) is 0 Å². The SMILES string of the molecule is CC.COc1ccc2cc[nH]c2c1. The van der Waals surface area contributed by atoms with Crippen LogP contribution in [0.2, 0.25) is 0 Å². The molecule has 2 aromatic rings. The van der Waals surface area contributed by atoms with Crippen molar-refractivity contribution in [3.63, 3.8) is 0 Å². The Morgan fingerprint density at radius 1 is 1.15 bits per heavy atom. The van der Waals surface area contributed by atoms with Gasteiger partial charge in [0.25, 0.3) is 0 Å². The van der Waals surface area contributed by atoms with Gasteiger partial charge < -0.3 is 9.72 Å². The second kappa shape index (κ2) is 4.55. The minimum Gasteiger partial charge on any atom is -0.497 e. The second-order valence-electron chi connectivity index (χ2n) is 2.43. The van der Waals surface area contributed by atoms with Gasteiger partial charge in [-0.2, -0.15) is 0 Å². The standard InChI is InChI=1S/C9H9NO.C2H6/c1-11-8-3-2-7-4-5-10-9(7)6-8;1-2/h2-6,10H,1H3;1-2H3. The zero-order chi connectivity index (χ0) is 9.68. The predicted octanol–water partition coefficient (Wildman–Crippen LogP) is 3.20. The summed E-state index contributed by atoms with van der Waals surface area (Å²) < 4.78 is 5.07. The van der Waals surface area contributed by atoms with Crippen LogP contribution in [0.5, 0.6) is 5.75 Å². The van der Waals surface area contributed by atoms with Gasteiger partial charge in [-0.3, -0.25) is 0 Å². The minimum atomic E-state index is 0.889. The van der Waals surface area contributed by atoms with E-state index in [9.17, 15) is 0 Å². The largest absolute Gasteiger partial charge is 0.497 e. The minimum absolute atomic E-state index is 0.889. The first-order valence-corrected chi connectivity index (χ1v) is 4.51. The highest BCUT2D eigenvalue weighted by Gasteiger charge is 1.94. The molecular weight excluding hydrogens is 162 g/mol. The summed E-state index contributed by atoms with van der Waals surface area (Å²) in [6.07, 6.45) is 1.92. The summed E-state index contributed by atoms with van der Waals surface area (Å²) in [4.78, 5) is 3.11. The first-order valence-electron chi connectivity index (χ1n) is 4.51. The van der Waals surface area contributed by atoms with Crippen molar-refractivity contribution in [2.24, 2.45) is 0 Å². The van der Waals surface area contributed by atoms with Crippen LogP contribution >= 0.6 is 0 Å². The number of H-pyrrole nitrogens is 1. The highest BCUT2D eigenvalue weighted by molar-refractivity contribution is 5.80. The van der Waals surface area contributed by atoms with E-state index in [1.165, 1.54) is 5.39 Å². The molecule has 0 bridgehead atoms. The molecule has 0 saturated carbocycles. The van der Waals surface area contributed by atoms with Crippen LogP contribution in [-0.2, 0) is 0 Å². The number of ether oxygens (including phenoxy) is 1. The third-order valence-electron chi connectivity index (χ3n) is 1.76. The lowest BCUT2D eigenvalue weighted by molar-refractivity contribution is 0.415. The fraction of sp³-hybridized carbons (Fsp3) is 0.273. The molecular formula is C11H15NO. The third kappa shape index (κ3) is 2.02. The lowest BCUT2D eigenvalue weighted by Gasteiger charge is -1.97. The molecule has 0 saturated heterocycles. The number of aromatic amines is 1. The summed E-state index contributed by atoms with van der Waals surface area (Å²) in [6.45, 7) is 4.00. The normalized spacial score (nSPS) is 9.15. The molecule has 2 rings (SSSR count). The molecule has 1 aromatic heterocycles. The molecule has 0 aliphatic heterocycles. The Hall–Kier alpha value is -1.44. The molecule has 1 N–H and O–H groups in total. The summed E-state index contributed by atoms with van der Waals surface area (Å²) in [5.41, 5.74) is 1.12. The van der Waals surface area contributed by atoms with Gasteiger partial charge in [0, 0.05) is 17.8 Å². The maximum absolute atomic E-state index is 5.07. The molecule has 0 spiro atoms. The van der Waals surface area contributed by atoms with Gasteiger partial charge in [-0.15, -0.1) is 0 Å². The molecule has 0 unspecified atom stereocenters. The number of aromatic nitrogens is 1. The fourth-order valence-corrected chi connectivity index (χ4v) is 1.15. The van der Waals surface area contributed by atoms with Crippen LogP contribution in [0.1, 0.15) is 13.8 Å². The van der Waals surface area contributed by atoms with E-state index < -0.39 is 0 Å². The summed E-state index contributed by atoms with van der Waals surface area (Å²) in [6, 6.07) is 8.00. The Balaban J connectivity index is 0.000000396. The third-order valence-corrected chi connectivity index (χ3v) is 1.76. The first-order chi connectivity index (χ1) is 6.40. The summed E-state index contributed by atoms with van der Waals surface area (Å²) in [7, 11) is 1.67. The van der Waals surface area contributed by atoms with E-state index >= 15 is 0 Å². The topological polar surface area (TPSA) is 25.0 Å². The Morgan fingerprint density at radius 3 is 2.62 bits per heavy atom. The van der Waals surface area contributed by atoms with Gasteiger partial charge in [-0.1, -0.05) is 13.8 Å². The molecule has 0 aliphatic rings. The molecule has 0 aliphatic carbocycles. The average Bonchev–Trinajstić information content (AvgIpc) is 2.67. The Labute approximate surface area is 78.5 Å². The van der Waals surface area contributed by atoms with Crippen LogP contribution in [-0.4, -0.2) is 12.1 Å². The van der Waals surface area contributed by atoms with E-state index in [0.29, 0.717) is 0 Å². The molecule has 0 amide bonds. The molecule has 13 heavy (non-hydrogen) atoms. The first kappa shape index (κ1) is 9.65. The molecule has 0 fully saturated rings. The van der Waals surface area contributed by atoms with Crippen LogP contribution in [0, 0.1) is 0 Å². The van der Waals surface area contributed by atoms with Gasteiger partial charge in [-0.25, -0.2) is 0 Å². The number of hydrogen-bond donors (Lipinski definition) is 1. The quantitative estimate of drug-likeness (QED) is 0.710. The second-order valence-corrected chi connectivity index (χ2v) is 2.43. The van der Waals surface area contributed by atoms with Crippen molar-refractivity contribution in [1.82, 2.24) is 4.98 Å². The van der Waals surface area contributed by atoms with Gasteiger partial charge in [0.15, 0.2) is 0 Å². The summed E-state index contributed by atoms with van der Waals surface area (Å²) in [5.74, 6) is 0.889. The number of hydrogen-bond acceptors (Lipinski definition) is 1. The smallest absolute Gasteiger partial charge is 0.120 e. The molecule has 1 heterocycles. The predicted molar refractivity (Wildman–Crippen MR) is 56.2 cm³/mol. The van der Waals surface area contributed by atoms with Gasteiger partial charge >= 0.3 is 0 Å². The van der Waals surface area contributed by atoms with E-state index in [0.717, 1.165) is 11.3 Å². The van der Waals surface area contributed by atoms with E-state index in [1.54, 1.807) is 7.11 Å². The van der Waals surface area contributed by atoms with E-state index in [2.05, 4.69) is 4.98 Å². The molecule has 1 aromatic carbocycles. The molecule has 2 nitrogen and oxygen atoms in total. The Kier molecular flexibility index (Phi) is 3.38. The molecule has 0 radical (unpaired) electrons. The van der Waals surface area contributed by atoms with Crippen LogP contribution in [0.25, 0.3) is 10.9 Å². The fourth-order valence-electron chi connectivity index (χ4n) is 1.15. The van der Waals surface area contributed by atoms with Crippen LogP contribution in [0.3, 0.4) is 0 Å². The number of benzene rings is 1. The molecule has 70 valence electrons. The lowest BCUT2D eigenvalue weighted by atomic mass is 10.2. The summed E-state index contributed by atoms with van der Waals surface area (Å²) >= 11 is 0. The molecule has 0 atom stereocenters. The monoisotopic (exact) mass is 177 g/mol. The van der Waals surface area contributed by atoms with Crippen molar-refractivity contribution in [2.75, 3.05) is 7.11 Å². The van der Waals surface area contributed by atoms with Crippen LogP contribution in [0.15, 0.2) is 30.5 Å². The maximum atomic E-state index is 5.07.